The fourth-order valence-electron chi connectivity index (χ4n) is 1.96. The summed E-state index contributed by atoms with van der Waals surface area (Å²) in [6.45, 7) is 16.2. The molecule has 1 aromatic rings. The molecule has 0 aromatic heterocycles. The number of rotatable bonds is 4. The molecule has 0 bridgehead atoms. The standard InChI is InChI=1S/C20H30O4/c1-13-9-10-15(17(21)23-11-19(3,4)5)16(14(13)2)18(22)24-12-20(6,7)8/h9-10H,11-12H2,1-8H3. The number of ether oxygens (including phenoxy) is 2. The number of carbonyl (C=O) groups excluding carboxylic acids is 2. The Morgan fingerprint density at radius 1 is 0.833 bits per heavy atom. The van der Waals surface area contributed by atoms with E-state index in [1.165, 1.54) is 0 Å². The van der Waals surface area contributed by atoms with Crippen molar-refractivity contribution >= 4 is 11.9 Å². The second kappa shape index (κ2) is 7.37. The van der Waals surface area contributed by atoms with Gasteiger partial charge < -0.3 is 9.47 Å². The van der Waals surface area contributed by atoms with Crippen molar-refractivity contribution < 1.29 is 19.1 Å². The first kappa shape index (κ1) is 20.2. The highest BCUT2D eigenvalue weighted by Gasteiger charge is 2.25. The van der Waals surface area contributed by atoms with E-state index in [1.54, 1.807) is 6.07 Å². The van der Waals surface area contributed by atoms with Crippen LogP contribution in [0.2, 0.25) is 0 Å². The monoisotopic (exact) mass is 334 g/mol. The fraction of sp³-hybridized carbons (Fsp3) is 0.600. The molecule has 0 saturated heterocycles. The maximum Gasteiger partial charge on any atom is 0.339 e. The lowest BCUT2D eigenvalue weighted by molar-refractivity contribution is 0.0322. The van der Waals surface area contributed by atoms with Gasteiger partial charge in [-0.2, -0.15) is 0 Å². The predicted molar refractivity (Wildman–Crippen MR) is 95.4 cm³/mol. The molecule has 0 atom stereocenters. The van der Waals surface area contributed by atoms with Gasteiger partial charge in [-0.15, -0.1) is 0 Å². The summed E-state index contributed by atoms with van der Waals surface area (Å²) in [5, 5.41) is 0. The molecule has 1 rings (SSSR count). The van der Waals surface area contributed by atoms with Crippen molar-refractivity contribution in [2.75, 3.05) is 13.2 Å². The molecule has 1 aromatic carbocycles. The highest BCUT2D eigenvalue weighted by atomic mass is 16.5. The Labute approximate surface area is 145 Å². The van der Waals surface area contributed by atoms with Crippen molar-refractivity contribution in [1.82, 2.24) is 0 Å². The van der Waals surface area contributed by atoms with Crippen molar-refractivity contribution in [3.63, 3.8) is 0 Å². The molecule has 0 unspecified atom stereocenters. The molecule has 0 fully saturated rings. The number of carbonyl (C=O) groups is 2. The first-order valence-electron chi connectivity index (χ1n) is 8.26. The molecule has 0 spiro atoms. The van der Waals surface area contributed by atoms with Gasteiger partial charge in [0, 0.05) is 0 Å². The molecule has 0 saturated carbocycles. The van der Waals surface area contributed by atoms with Crippen LogP contribution in [0.1, 0.15) is 73.4 Å². The summed E-state index contributed by atoms with van der Waals surface area (Å²) in [5.41, 5.74) is 1.98. The van der Waals surface area contributed by atoms with Crippen LogP contribution in [0.25, 0.3) is 0 Å². The number of benzene rings is 1. The number of aryl methyl sites for hydroxylation is 1. The maximum absolute atomic E-state index is 12.6. The Morgan fingerprint density at radius 3 is 1.75 bits per heavy atom. The van der Waals surface area contributed by atoms with E-state index in [0.29, 0.717) is 5.56 Å². The molecule has 4 heteroatoms. The first-order chi connectivity index (χ1) is 10.8. The van der Waals surface area contributed by atoms with Gasteiger partial charge in [-0.1, -0.05) is 47.6 Å². The Hall–Kier alpha value is -1.84. The van der Waals surface area contributed by atoms with Crippen LogP contribution in [0.4, 0.5) is 0 Å². The van der Waals surface area contributed by atoms with Gasteiger partial charge in [0.05, 0.1) is 24.3 Å². The van der Waals surface area contributed by atoms with Crippen LogP contribution < -0.4 is 0 Å². The SMILES string of the molecule is Cc1ccc(C(=O)OCC(C)(C)C)c(C(=O)OCC(C)(C)C)c1C. The smallest absolute Gasteiger partial charge is 0.339 e. The molecule has 24 heavy (non-hydrogen) atoms. The molecule has 0 aliphatic carbocycles. The van der Waals surface area contributed by atoms with Gasteiger partial charge in [-0.25, -0.2) is 9.59 Å². The zero-order valence-corrected chi connectivity index (χ0v) is 16.2. The van der Waals surface area contributed by atoms with E-state index < -0.39 is 11.9 Å². The average molecular weight is 334 g/mol. The van der Waals surface area contributed by atoms with Gasteiger partial charge in [-0.3, -0.25) is 0 Å². The van der Waals surface area contributed by atoms with Crippen LogP contribution >= 0.6 is 0 Å². The summed E-state index contributed by atoms with van der Waals surface area (Å²) in [6, 6.07) is 3.46. The van der Waals surface area contributed by atoms with Crippen molar-refractivity contribution in [3.05, 3.63) is 34.4 Å². The van der Waals surface area contributed by atoms with E-state index in [-0.39, 0.29) is 29.6 Å². The molecular weight excluding hydrogens is 304 g/mol. The van der Waals surface area contributed by atoms with Gasteiger partial charge in [0.25, 0.3) is 0 Å². The van der Waals surface area contributed by atoms with Crippen molar-refractivity contribution in [1.29, 1.82) is 0 Å². The van der Waals surface area contributed by atoms with E-state index in [1.807, 2.05) is 61.5 Å². The Balaban J connectivity index is 3.11. The Morgan fingerprint density at radius 2 is 1.29 bits per heavy atom. The Bertz CT molecular complexity index is 616. The van der Waals surface area contributed by atoms with Crippen molar-refractivity contribution in [3.8, 4) is 0 Å². The van der Waals surface area contributed by atoms with Crippen LogP contribution in [0, 0.1) is 24.7 Å². The summed E-state index contributed by atoms with van der Waals surface area (Å²) in [4.78, 5) is 25.0. The lowest BCUT2D eigenvalue weighted by atomic mass is 9.96. The summed E-state index contributed by atoms with van der Waals surface area (Å²) in [6.07, 6.45) is 0. The molecule has 0 heterocycles. The van der Waals surface area contributed by atoms with Crippen LogP contribution in [0.5, 0.6) is 0 Å². The lowest BCUT2D eigenvalue weighted by Crippen LogP contribution is -2.23. The van der Waals surface area contributed by atoms with Crippen LogP contribution in [-0.4, -0.2) is 25.2 Å². The van der Waals surface area contributed by atoms with Crippen LogP contribution in [0.15, 0.2) is 12.1 Å². The number of hydrogen-bond donors (Lipinski definition) is 0. The molecule has 0 N–H and O–H groups in total. The normalized spacial score (nSPS) is 12.0. The molecule has 0 aliphatic heterocycles. The average Bonchev–Trinajstić information content (AvgIpc) is 2.43. The summed E-state index contributed by atoms with van der Waals surface area (Å²) >= 11 is 0. The third kappa shape index (κ3) is 5.99. The van der Waals surface area contributed by atoms with Gasteiger partial charge in [0.2, 0.25) is 0 Å². The lowest BCUT2D eigenvalue weighted by Gasteiger charge is -2.21. The quantitative estimate of drug-likeness (QED) is 0.748. The van der Waals surface area contributed by atoms with E-state index in [2.05, 4.69) is 0 Å². The zero-order valence-electron chi connectivity index (χ0n) is 16.2. The topological polar surface area (TPSA) is 52.6 Å². The van der Waals surface area contributed by atoms with Gasteiger partial charge >= 0.3 is 11.9 Å². The van der Waals surface area contributed by atoms with Crippen LogP contribution in [0.3, 0.4) is 0 Å². The maximum atomic E-state index is 12.6. The Kier molecular flexibility index (Phi) is 6.20. The minimum Gasteiger partial charge on any atom is -0.462 e. The van der Waals surface area contributed by atoms with Gasteiger partial charge in [-0.05, 0) is 41.9 Å². The molecule has 134 valence electrons. The molecule has 4 nitrogen and oxygen atoms in total. The molecule has 0 radical (unpaired) electrons. The summed E-state index contributed by atoms with van der Waals surface area (Å²) < 4.78 is 10.8. The van der Waals surface area contributed by atoms with Crippen molar-refractivity contribution in [2.45, 2.75) is 55.4 Å². The predicted octanol–water partition coefficient (Wildman–Crippen LogP) is 4.71. The zero-order chi connectivity index (χ0) is 18.7. The second-order valence-electron chi connectivity index (χ2n) is 8.70. The first-order valence-corrected chi connectivity index (χ1v) is 8.26. The van der Waals surface area contributed by atoms with Crippen LogP contribution in [-0.2, 0) is 9.47 Å². The van der Waals surface area contributed by atoms with Gasteiger partial charge in [0.15, 0.2) is 0 Å². The number of hydrogen-bond acceptors (Lipinski definition) is 4. The highest BCUT2D eigenvalue weighted by Crippen LogP contribution is 2.23. The summed E-state index contributed by atoms with van der Waals surface area (Å²) in [7, 11) is 0. The fourth-order valence-corrected chi connectivity index (χ4v) is 1.96. The minimum atomic E-state index is -0.490. The third-order valence-electron chi connectivity index (χ3n) is 3.43. The largest absolute Gasteiger partial charge is 0.462 e. The molecular formula is C20H30O4. The van der Waals surface area contributed by atoms with E-state index in [0.717, 1.165) is 11.1 Å². The van der Waals surface area contributed by atoms with Gasteiger partial charge in [0.1, 0.15) is 0 Å². The summed E-state index contributed by atoms with van der Waals surface area (Å²) in [5.74, 6) is -0.968. The number of esters is 2. The highest BCUT2D eigenvalue weighted by molar-refractivity contribution is 6.04. The van der Waals surface area contributed by atoms with E-state index in [4.69, 9.17) is 9.47 Å². The molecule has 0 aliphatic rings. The molecule has 0 amide bonds. The minimum absolute atomic E-state index is 0.137. The van der Waals surface area contributed by atoms with E-state index in [9.17, 15) is 9.59 Å². The second-order valence-corrected chi connectivity index (χ2v) is 8.70. The van der Waals surface area contributed by atoms with E-state index >= 15 is 0 Å². The third-order valence-corrected chi connectivity index (χ3v) is 3.43. The van der Waals surface area contributed by atoms with Crippen molar-refractivity contribution in [2.24, 2.45) is 10.8 Å².